The van der Waals surface area contributed by atoms with E-state index in [2.05, 4.69) is 6.08 Å². The third-order valence-electron chi connectivity index (χ3n) is 3.13. The molecule has 0 amide bonds. The third-order valence-corrected chi connectivity index (χ3v) is 3.13. The molecule has 2 aliphatic rings. The Balaban J connectivity index is 1.96. The van der Waals surface area contributed by atoms with Gasteiger partial charge in [-0.2, -0.15) is 0 Å². The summed E-state index contributed by atoms with van der Waals surface area (Å²) in [7, 11) is 0. The third kappa shape index (κ3) is 2.57. The molecule has 14 heavy (non-hydrogen) atoms. The van der Waals surface area contributed by atoms with Crippen molar-refractivity contribution in [2.75, 3.05) is 0 Å². The van der Waals surface area contributed by atoms with Crippen LogP contribution in [0, 0.1) is 0 Å². The topological polar surface area (TPSA) is 17.1 Å². The summed E-state index contributed by atoms with van der Waals surface area (Å²) in [5.41, 5.74) is 2.94. The van der Waals surface area contributed by atoms with Crippen LogP contribution in [0.25, 0.3) is 0 Å². The zero-order valence-corrected chi connectivity index (χ0v) is 8.72. The number of carbonyl (C=O) groups is 1. The lowest BCUT2D eigenvalue weighted by molar-refractivity contribution is -0.115. The van der Waals surface area contributed by atoms with Gasteiger partial charge in [0.15, 0.2) is 5.78 Å². The molecule has 0 bridgehead atoms. The summed E-state index contributed by atoms with van der Waals surface area (Å²) in [5.74, 6) is 0.336. The van der Waals surface area contributed by atoms with E-state index in [0.717, 1.165) is 25.7 Å². The zero-order chi connectivity index (χ0) is 9.80. The van der Waals surface area contributed by atoms with Crippen molar-refractivity contribution in [3.63, 3.8) is 0 Å². The van der Waals surface area contributed by atoms with Crippen molar-refractivity contribution in [2.45, 2.75) is 51.4 Å². The maximum absolute atomic E-state index is 11.2. The van der Waals surface area contributed by atoms with E-state index in [1.54, 1.807) is 5.57 Å². The Morgan fingerprint density at radius 3 is 2.57 bits per heavy atom. The number of hydrogen-bond acceptors (Lipinski definition) is 1. The number of ketones is 1. The molecule has 76 valence electrons. The normalized spacial score (nSPS) is 23.0. The largest absolute Gasteiger partial charge is 0.295 e. The van der Waals surface area contributed by atoms with Crippen molar-refractivity contribution in [2.24, 2.45) is 0 Å². The molecule has 0 aromatic carbocycles. The van der Waals surface area contributed by atoms with Crippen LogP contribution in [0.15, 0.2) is 23.3 Å². The van der Waals surface area contributed by atoms with Gasteiger partial charge in [0.25, 0.3) is 0 Å². The standard InChI is InChI=1S/C13H18O/c14-13-8-4-7-12(10-13)9-11-5-2-1-3-6-11/h5,10H,1-4,6-9H2. The van der Waals surface area contributed by atoms with Gasteiger partial charge in [0.2, 0.25) is 0 Å². The Bertz CT molecular complexity index is 284. The number of hydrogen-bond donors (Lipinski definition) is 0. The van der Waals surface area contributed by atoms with Crippen LogP contribution in [-0.4, -0.2) is 5.78 Å². The van der Waals surface area contributed by atoms with Gasteiger partial charge in [-0.15, -0.1) is 0 Å². The van der Waals surface area contributed by atoms with E-state index in [-0.39, 0.29) is 0 Å². The van der Waals surface area contributed by atoms with Gasteiger partial charge in [0.05, 0.1) is 0 Å². The second-order valence-corrected chi connectivity index (χ2v) is 4.41. The Morgan fingerprint density at radius 2 is 1.86 bits per heavy atom. The number of rotatable bonds is 2. The van der Waals surface area contributed by atoms with E-state index >= 15 is 0 Å². The molecule has 0 aliphatic heterocycles. The molecule has 0 saturated carbocycles. The van der Waals surface area contributed by atoms with E-state index in [9.17, 15) is 4.79 Å². The Labute approximate surface area is 85.9 Å². The molecule has 2 rings (SSSR count). The predicted molar refractivity (Wildman–Crippen MR) is 58.1 cm³/mol. The number of carbonyl (C=O) groups excluding carboxylic acids is 1. The first kappa shape index (κ1) is 9.70. The Morgan fingerprint density at radius 1 is 1.00 bits per heavy atom. The average molecular weight is 190 g/mol. The fraction of sp³-hybridized carbons (Fsp3) is 0.615. The molecule has 0 unspecified atom stereocenters. The maximum atomic E-state index is 11.2. The van der Waals surface area contributed by atoms with E-state index in [1.165, 1.54) is 31.3 Å². The highest BCUT2D eigenvalue weighted by atomic mass is 16.1. The summed E-state index contributed by atoms with van der Waals surface area (Å²) in [6.45, 7) is 0. The van der Waals surface area contributed by atoms with Crippen LogP contribution in [0.4, 0.5) is 0 Å². The first-order chi connectivity index (χ1) is 6.84. The van der Waals surface area contributed by atoms with Crippen molar-refractivity contribution in [3.05, 3.63) is 23.3 Å². The monoisotopic (exact) mass is 190 g/mol. The summed E-state index contributed by atoms with van der Waals surface area (Å²) in [4.78, 5) is 11.2. The first-order valence-electron chi connectivity index (χ1n) is 5.75. The van der Waals surface area contributed by atoms with Gasteiger partial charge in [0.1, 0.15) is 0 Å². The molecule has 0 N–H and O–H groups in total. The smallest absolute Gasteiger partial charge is 0.155 e. The van der Waals surface area contributed by atoms with Gasteiger partial charge >= 0.3 is 0 Å². The van der Waals surface area contributed by atoms with E-state index in [1.807, 2.05) is 6.08 Å². The highest BCUT2D eigenvalue weighted by molar-refractivity contribution is 5.91. The van der Waals surface area contributed by atoms with Crippen molar-refractivity contribution >= 4 is 5.78 Å². The second-order valence-electron chi connectivity index (χ2n) is 4.41. The van der Waals surface area contributed by atoms with Gasteiger partial charge in [-0.05, 0) is 51.0 Å². The van der Waals surface area contributed by atoms with Crippen LogP contribution in [0.5, 0.6) is 0 Å². The summed E-state index contributed by atoms with van der Waals surface area (Å²) in [5, 5.41) is 0. The molecule has 0 radical (unpaired) electrons. The van der Waals surface area contributed by atoms with Gasteiger partial charge < -0.3 is 0 Å². The molecule has 2 aliphatic carbocycles. The van der Waals surface area contributed by atoms with Crippen LogP contribution < -0.4 is 0 Å². The molecule has 0 aromatic rings. The van der Waals surface area contributed by atoms with Crippen LogP contribution >= 0.6 is 0 Å². The minimum atomic E-state index is 0.336. The van der Waals surface area contributed by atoms with E-state index < -0.39 is 0 Å². The van der Waals surface area contributed by atoms with Crippen molar-refractivity contribution in [1.29, 1.82) is 0 Å². The van der Waals surface area contributed by atoms with Gasteiger partial charge in [0, 0.05) is 6.42 Å². The van der Waals surface area contributed by atoms with Gasteiger partial charge in [-0.3, -0.25) is 4.79 Å². The lowest BCUT2D eigenvalue weighted by Gasteiger charge is -2.16. The molecule has 1 heteroatoms. The zero-order valence-electron chi connectivity index (χ0n) is 8.72. The molecule has 0 atom stereocenters. The van der Waals surface area contributed by atoms with Crippen LogP contribution in [0.3, 0.4) is 0 Å². The van der Waals surface area contributed by atoms with Crippen LogP contribution in [0.2, 0.25) is 0 Å². The molecular weight excluding hydrogens is 172 g/mol. The van der Waals surface area contributed by atoms with E-state index in [4.69, 9.17) is 0 Å². The summed E-state index contributed by atoms with van der Waals surface area (Å²) >= 11 is 0. The van der Waals surface area contributed by atoms with Crippen LogP contribution in [-0.2, 0) is 4.79 Å². The minimum Gasteiger partial charge on any atom is -0.295 e. The van der Waals surface area contributed by atoms with Crippen molar-refractivity contribution < 1.29 is 4.79 Å². The lowest BCUT2D eigenvalue weighted by atomic mass is 9.89. The Kier molecular flexibility index (Phi) is 3.18. The molecule has 0 fully saturated rings. The number of allylic oxidation sites excluding steroid dienone is 4. The van der Waals surface area contributed by atoms with E-state index in [0.29, 0.717) is 5.78 Å². The minimum absolute atomic E-state index is 0.336. The molecule has 0 saturated heterocycles. The molecule has 0 aromatic heterocycles. The maximum Gasteiger partial charge on any atom is 0.155 e. The average Bonchev–Trinajstić information content (AvgIpc) is 2.19. The van der Waals surface area contributed by atoms with Gasteiger partial charge in [-0.1, -0.05) is 17.2 Å². The molecule has 0 spiro atoms. The van der Waals surface area contributed by atoms with Crippen molar-refractivity contribution in [1.82, 2.24) is 0 Å². The summed E-state index contributed by atoms with van der Waals surface area (Å²) < 4.78 is 0. The molecular formula is C13H18O. The fourth-order valence-electron chi connectivity index (χ4n) is 2.36. The summed E-state index contributed by atoms with van der Waals surface area (Å²) in [6, 6.07) is 0. The van der Waals surface area contributed by atoms with Crippen molar-refractivity contribution in [3.8, 4) is 0 Å². The van der Waals surface area contributed by atoms with Crippen LogP contribution in [0.1, 0.15) is 51.4 Å². The molecule has 0 heterocycles. The Hall–Kier alpha value is -0.850. The SMILES string of the molecule is O=C1C=C(CC2=CCCCC2)CCC1. The second kappa shape index (κ2) is 4.59. The lowest BCUT2D eigenvalue weighted by Crippen LogP contribution is -2.04. The fourth-order valence-corrected chi connectivity index (χ4v) is 2.36. The summed E-state index contributed by atoms with van der Waals surface area (Å²) in [6.07, 6.45) is 13.5. The quantitative estimate of drug-likeness (QED) is 0.608. The van der Waals surface area contributed by atoms with Gasteiger partial charge in [-0.25, -0.2) is 0 Å². The highest BCUT2D eigenvalue weighted by Crippen LogP contribution is 2.27. The highest BCUT2D eigenvalue weighted by Gasteiger charge is 2.12. The first-order valence-corrected chi connectivity index (χ1v) is 5.75. The predicted octanol–water partition coefficient (Wildman–Crippen LogP) is 3.56. The molecule has 1 nitrogen and oxygen atoms in total.